The number of carbonyl (C=O) groups is 1. The summed E-state index contributed by atoms with van der Waals surface area (Å²) in [6, 6.07) is 13.6. The number of benzene rings is 1. The van der Waals surface area contributed by atoms with E-state index in [9.17, 15) is 4.79 Å². The van der Waals surface area contributed by atoms with Gasteiger partial charge in [0.1, 0.15) is 5.75 Å². The highest BCUT2D eigenvalue weighted by Gasteiger charge is 2.16. The van der Waals surface area contributed by atoms with Gasteiger partial charge in [-0.15, -0.1) is 11.3 Å². The van der Waals surface area contributed by atoms with Crippen LogP contribution in [-0.2, 0) is 6.42 Å². The highest BCUT2D eigenvalue weighted by atomic mass is 32.1. The number of carbonyl (C=O) groups excluding carboxylic acids is 1. The number of aromatic nitrogens is 1. The summed E-state index contributed by atoms with van der Waals surface area (Å²) in [7, 11) is 1.65. The number of ether oxygens (including phenoxy) is 1. The van der Waals surface area contributed by atoms with Crippen LogP contribution in [0.25, 0.3) is 10.6 Å². The van der Waals surface area contributed by atoms with E-state index in [-0.39, 0.29) is 11.9 Å². The molecule has 5 nitrogen and oxygen atoms in total. The number of nitrogens with zero attached hydrogens (tertiary/aromatic N) is 1. The van der Waals surface area contributed by atoms with Crippen molar-refractivity contribution in [2.75, 3.05) is 7.11 Å². The van der Waals surface area contributed by atoms with Gasteiger partial charge in [-0.25, -0.2) is 0 Å². The molecule has 1 atom stereocenters. The summed E-state index contributed by atoms with van der Waals surface area (Å²) in [6.45, 7) is 1.99. The molecule has 0 spiro atoms. The molecule has 6 heteroatoms. The van der Waals surface area contributed by atoms with Crippen LogP contribution in [0.3, 0.4) is 0 Å². The summed E-state index contributed by atoms with van der Waals surface area (Å²) in [5.41, 5.74) is 1.52. The molecular formula is C19H20N2O3S. The maximum Gasteiger partial charge on any atom is 0.273 e. The second-order valence-electron chi connectivity index (χ2n) is 5.81. The minimum Gasteiger partial charge on any atom is -0.497 e. The normalized spacial score (nSPS) is 11.9. The minimum absolute atomic E-state index is 0.0384. The summed E-state index contributed by atoms with van der Waals surface area (Å²) in [5, 5.41) is 8.79. The van der Waals surface area contributed by atoms with E-state index in [0.717, 1.165) is 23.5 Å². The molecule has 0 bridgehead atoms. The van der Waals surface area contributed by atoms with Crippen LogP contribution in [0.4, 0.5) is 0 Å². The summed E-state index contributed by atoms with van der Waals surface area (Å²) in [5.74, 6) is 1.25. The van der Waals surface area contributed by atoms with E-state index in [1.165, 1.54) is 5.56 Å². The van der Waals surface area contributed by atoms with E-state index in [4.69, 9.17) is 9.26 Å². The van der Waals surface area contributed by atoms with Crippen LogP contribution in [0.5, 0.6) is 5.75 Å². The number of aryl methyl sites for hydroxylation is 1. The van der Waals surface area contributed by atoms with Crippen molar-refractivity contribution in [3.05, 3.63) is 59.1 Å². The van der Waals surface area contributed by atoms with Gasteiger partial charge in [-0.1, -0.05) is 23.4 Å². The summed E-state index contributed by atoms with van der Waals surface area (Å²) >= 11 is 1.55. The second kappa shape index (κ2) is 7.98. The molecule has 0 aliphatic rings. The Morgan fingerprint density at radius 3 is 2.80 bits per heavy atom. The smallest absolute Gasteiger partial charge is 0.273 e. The molecule has 1 aromatic carbocycles. The van der Waals surface area contributed by atoms with Crippen molar-refractivity contribution in [1.82, 2.24) is 10.5 Å². The van der Waals surface area contributed by atoms with Crippen molar-refractivity contribution in [1.29, 1.82) is 0 Å². The predicted molar refractivity (Wildman–Crippen MR) is 98.1 cm³/mol. The lowest BCUT2D eigenvalue weighted by atomic mass is 10.1. The van der Waals surface area contributed by atoms with Crippen molar-refractivity contribution in [2.24, 2.45) is 0 Å². The van der Waals surface area contributed by atoms with Crippen molar-refractivity contribution in [2.45, 2.75) is 25.8 Å². The number of nitrogens with one attached hydrogen (secondary N) is 1. The van der Waals surface area contributed by atoms with Crippen molar-refractivity contribution < 1.29 is 14.1 Å². The maximum atomic E-state index is 12.3. The molecule has 0 radical (unpaired) electrons. The molecule has 0 aliphatic carbocycles. The van der Waals surface area contributed by atoms with Crippen molar-refractivity contribution in [3.8, 4) is 16.4 Å². The Labute approximate surface area is 150 Å². The lowest BCUT2D eigenvalue weighted by Gasteiger charge is -2.12. The summed E-state index contributed by atoms with van der Waals surface area (Å²) in [4.78, 5) is 13.2. The Morgan fingerprint density at radius 1 is 1.32 bits per heavy atom. The average molecular weight is 356 g/mol. The quantitative estimate of drug-likeness (QED) is 0.690. The fourth-order valence-corrected chi connectivity index (χ4v) is 3.14. The van der Waals surface area contributed by atoms with Gasteiger partial charge in [0, 0.05) is 12.1 Å². The third-order valence-electron chi connectivity index (χ3n) is 3.91. The highest BCUT2D eigenvalue weighted by molar-refractivity contribution is 7.13. The Balaban J connectivity index is 1.51. The van der Waals surface area contributed by atoms with E-state index < -0.39 is 0 Å². The molecule has 1 amide bonds. The lowest BCUT2D eigenvalue weighted by molar-refractivity contribution is 0.0929. The van der Waals surface area contributed by atoms with Gasteiger partial charge in [-0.2, -0.15) is 0 Å². The van der Waals surface area contributed by atoms with Crippen LogP contribution in [0, 0.1) is 0 Å². The number of hydrogen-bond acceptors (Lipinski definition) is 5. The number of amides is 1. The Kier molecular flexibility index (Phi) is 5.50. The third kappa shape index (κ3) is 4.48. The predicted octanol–water partition coefficient (Wildman–Crippen LogP) is 4.16. The molecular weight excluding hydrogens is 336 g/mol. The van der Waals surface area contributed by atoms with Gasteiger partial charge in [-0.05, 0) is 48.9 Å². The standard InChI is InChI=1S/C19H20N2O3S/c1-13(5-6-14-7-9-15(23-2)10-8-14)20-19(22)16-12-17(24-21-16)18-4-3-11-25-18/h3-4,7-13H,5-6H2,1-2H3,(H,20,22). The third-order valence-corrected chi connectivity index (χ3v) is 4.79. The zero-order valence-electron chi connectivity index (χ0n) is 14.2. The summed E-state index contributed by atoms with van der Waals surface area (Å²) in [6.07, 6.45) is 1.72. The number of rotatable bonds is 7. The number of hydrogen-bond donors (Lipinski definition) is 1. The van der Waals surface area contributed by atoms with Crippen LogP contribution >= 0.6 is 11.3 Å². The monoisotopic (exact) mass is 356 g/mol. The first-order valence-electron chi connectivity index (χ1n) is 8.10. The Hall–Kier alpha value is -2.60. The molecule has 0 aliphatic heterocycles. The average Bonchev–Trinajstić information content (AvgIpc) is 3.31. The van der Waals surface area contributed by atoms with Gasteiger partial charge in [-0.3, -0.25) is 4.79 Å². The van der Waals surface area contributed by atoms with Gasteiger partial charge in [0.25, 0.3) is 5.91 Å². The molecule has 130 valence electrons. The number of thiophene rings is 1. The first-order chi connectivity index (χ1) is 12.2. The molecule has 25 heavy (non-hydrogen) atoms. The molecule has 1 N–H and O–H groups in total. The Morgan fingerprint density at radius 2 is 2.12 bits per heavy atom. The van der Waals surface area contributed by atoms with Crippen molar-refractivity contribution in [3.63, 3.8) is 0 Å². The fourth-order valence-electron chi connectivity index (χ4n) is 2.46. The molecule has 0 fully saturated rings. The maximum absolute atomic E-state index is 12.3. The second-order valence-corrected chi connectivity index (χ2v) is 6.76. The van der Waals surface area contributed by atoms with Gasteiger partial charge in [0.05, 0.1) is 12.0 Å². The minimum atomic E-state index is -0.214. The first-order valence-corrected chi connectivity index (χ1v) is 8.98. The summed E-state index contributed by atoms with van der Waals surface area (Å²) < 4.78 is 10.4. The lowest BCUT2D eigenvalue weighted by Crippen LogP contribution is -2.33. The topological polar surface area (TPSA) is 64.4 Å². The zero-order chi connectivity index (χ0) is 17.6. The van der Waals surface area contributed by atoms with Crippen LogP contribution in [-0.4, -0.2) is 24.2 Å². The van der Waals surface area contributed by atoms with E-state index in [1.807, 2.05) is 48.7 Å². The van der Waals surface area contributed by atoms with E-state index in [2.05, 4.69) is 10.5 Å². The number of methoxy groups -OCH3 is 1. The molecule has 1 unspecified atom stereocenters. The van der Waals surface area contributed by atoms with Gasteiger partial charge >= 0.3 is 0 Å². The van der Waals surface area contributed by atoms with E-state index >= 15 is 0 Å². The van der Waals surface area contributed by atoms with Crippen LogP contribution in [0.15, 0.2) is 52.4 Å². The van der Waals surface area contributed by atoms with E-state index in [0.29, 0.717) is 11.5 Å². The van der Waals surface area contributed by atoms with Gasteiger partial charge < -0.3 is 14.6 Å². The molecule has 3 rings (SSSR count). The van der Waals surface area contributed by atoms with E-state index in [1.54, 1.807) is 24.5 Å². The Bertz CT molecular complexity index is 810. The van der Waals surface area contributed by atoms with Crippen LogP contribution in [0.2, 0.25) is 0 Å². The molecule has 0 saturated heterocycles. The van der Waals surface area contributed by atoms with Gasteiger partial charge in [0.15, 0.2) is 11.5 Å². The first kappa shape index (κ1) is 17.2. The van der Waals surface area contributed by atoms with Crippen molar-refractivity contribution >= 4 is 17.2 Å². The molecule has 2 aromatic heterocycles. The molecule has 3 aromatic rings. The van der Waals surface area contributed by atoms with Gasteiger partial charge in [0.2, 0.25) is 0 Å². The molecule has 0 saturated carbocycles. The molecule has 2 heterocycles. The largest absolute Gasteiger partial charge is 0.497 e. The fraction of sp³-hybridized carbons (Fsp3) is 0.263. The van der Waals surface area contributed by atoms with Crippen LogP contribution < -0.4 is 10.1 Å². The SMILES string of the molecule is COc1ccc(CCC(C)NC(=O)c2cc(-c3cccs3)on2)cc1. The van der Waals surface area contributed by atoms with Crippen LogP contribution in [0.1, 0.15) is 29.4 Å². The zero-order valence-corrected chi connectivity index (χ0v) is 15.0. The highest BCUT2D eigenvalue weighted by Crippen LogP contribution is 2.25.